The summed E-state index contributed by atoms with van der Waals surface area (Å²) in [6.45, 7) is 1.75. The fourth-order valence-corrected chi connectivity index (χ4v) is 1.26. The Labute approximate surface area is 94.0 Å². The lowest BCUT2D eigenvalue weighted by atomic mass is 10.2. The zero-order valence-electron chi connectivity index (χ0n) is 9.28. The normalized spacial score (nSPS) is 11.6. The number of hydrogen-bond acceptors (Lipinski definition) is 3. The second-order valence-electron chi connectivity index (χ2n) is 3.42. The smallest absolute Gasteiger partial charge is 0.248 e. The van der Waals surface area contributed by atoms with Gasteiger partial charge in [-0.25, -0.2) is 0 Å². The fourth-order valence-electron chi connectivity index (χ4n) is 1.26. The van der Waals surface area contributed by atoms with Crippen LogP contribution in [-0.2, 0) is 4.79 Å². The third-order valence-electron chi connectivity index (χ3n) is 2.19. The van der Waals surface area contributed by atoms with Crippen LogP contribution in [0.5, 0.6) is 0 Å². The monoisotopic (exact) mass is 221 g/mol. The molecule has 0 radical (unpaired) electrons. The number of hydrogen-bond donors (Lipinski definition) is 3. The van der Waals surface area contributed by atoms with Gasteiger partial charge in [0, 0.05) is 18.3 Å². The lowest BCUT2D eigenvalue weighted by Crippen LogP contribution is -2.35. The van der Waals surface area contributed by atoms with Crippen LogP contribution >= 0.6 is 0 Å². The lowest BCUT2D eigenvalue weighted by molar-refractivity contribution is -0.121. The van der Waals surface area contributed by atoms with E-state index in [0.29, 0.717) is 5.56 Å². The Bertz CT molecular complexity index is 387. The van der Waals surface area contributed by atoms with Gasteiger partial charge >= 0.3 is 0 Å². The molecule has 5 heteroatoms. The maximum Gasteiger partial charge on any atom is 0.248 e. The summed E-state index contributed by atoms with van der Waals surface area (Å²) in [6, 6.07) is 6.31. The molecule has 5 nitrogen and oxygen atoms in total. The average molecular weight is 221 g/mol. The van der Waals surface area contributed by atoms with Gasteiger partial charge in [0.1, 0.15) is 6.04 Å². The van der Waals surface area contributed by atoms with Gasteiger partial charge in [0.2, 0.25) is 11.8 Å². The Balaban J connectivity index is 2.68. The van der Waals surface area contributed by atoms with Crippen molar-refractivity contribution in [3.63, 3.8) is 0 Å². The number of carbonyl (C=O) groups excluding carboxylic acids is 2. The van der Waals surface area contributed by atoms with Crippen LogP contribution in [0.2, 0.25) is 0 Å². The number of carbonyl (C=O) groups is 2. The quantitative estimate of drug-likeness (QED) is 0.685. The number of anilines is 1. The van der Waals surface area contributed by atoms with Crippen LogP contribution in [0.15, 0.2) is 24.3 Å². The Morgan fingerprint density at radius 1 is 1.25 bits per heavy atom. The number of amides is 2. The molecule has 2 amide bonds. The maximum absolute atomic E-state index is 11.2. The van der Waals surface area contributed by atoms with E-state index >= 15 is 0 Å². The van der Waals surface area contributed by atoms with E-state index in [-0.39, 0.29) is 11.9 Å². The van der Waals surface area contributed by atoms with Crippen molar-refractivity contribution in [2.45, 2.75) is 13.0 Å². The Morgan fingerprint density at radius 2 is 1.81 bits per heavy atom. The number of nitrogens with two attached hydrogens (primary N) is 1. The van der Waals surface area contributed by atoms with Crippen LogP contribution in [0.25, 0.3) is 0 Å². The van der Waals surface area contributed by atoms with Gasteiger partial charge in [0.05, 0.1) is 0 Å². The number of likely N-dealkylation sites (N-methyl/N-ethyl adjacent to an activating group) is 1. The summed E-state index contributed by atoms with van der Waals surface area (Å²) in [4.78, 5) is 22.1. The molecule has 0 bridgehead atoms. The van der Waals surface area contributed by atoms with Gasteiger partial charge < -0.3 is 16.4 Å². The van der Waals surface area contributed by atoms with Crippen LogP contribution in [0.3, 0.4) is 0 Å². The number of primary amides is 1. The van der Waals surface area contributed by atoms with E-state index in [0.717, 1.165) is 5.69 Å². The van der Waals surface area contributed by atoms with Gasteiger partial charge in [-0.2, -0.15) is 0 Å². The molecule has 86 valence electrons. The molecule has 0 spiro atoms. The molecule has 0 aliphatic heterocycles. The first-order chi connectivity index (χ1) is 7.54. The molecule has 16 heavy (non-hydrogen) atoms. The van der Waals surface area contributed by atoms with E-state index in [2.05, 4.69) is 10.6 Å². The zero-order chi connectivity index (χ0) is 12.1. The Hall–Kier alpha value is -2.04. The first-order valence-electron chi connectivity index (χ1n) is 4.92. The molecule has 4 N–H and O–H groups in total. The summed E-state index contributed by atoms with van der Waals surface area (Å²) < 4.78 is 0. The largest absolute Gasteiger partial charge is 0.374 e. The van der Waals surface area contributed by atoms with Crippen molar-refractivity contribution in [1.82, 2.24) is 5.32 Å². The van der Waals surface area contributed by atoms with Crippen LogP contribution < -0.4 is 16.4 Å². The van der Waals surface area contributed by atoms with Crippen molar-refractivity contribution in [2.24, 2.45) is 5.73 Å². The third-order valence-corrected chi connectivity index (χ3v) is 2.19. The minimum Gasteiger partial charge on any atom is -0.374 e. The van der Waals surface area contributed by atoms with Crippen LogP contribution in [0.1, 0.15) is 17.3 Å². The average Bonchev–Trinajstić information content (AvgIpc) is 2.28. The molecule has 1 aromatic rings. The standard InChI is InChI=1S/C11H15N3O2/c1-7(11(16)13-2)14-9-5-3-8(4-6-9)10(12)15/h3-7,14H,1-2H3,(H2,12,15)(H,13,16). The van der Waals surface area contributed by atoms with E-state index < -0.39 is 5.91 Å². The highest BCUT2D eigenvalue weighted by Crippen LogP contribution is 2.10. The zero-order valence-corrected chi connectivity index (χ0v) is 9.28. The molecular formula is C11H15N3O2. The van der Waals surface area contributed by atoms with Gasteiger partial charge in [0.25, 0.3) is 0 Å². The van der Waals surface area contributed by atoms with E-state index in [4.69, 9.17) is 5.73 Å². The molecule has 0 heterocycles. The molecule has 0 aliphatic rings. The van der Waals surface area contributed by atoms with Crippen molar-refractivity contribution >= 4 is 17.5 Å². The van der Waals surface area contributed by atoms with Crippen LogP contribution in [-0.4, -0.2) is 24.9 Å². The number of nitrogens with one attached hydrogen (secondary N) is 2. The maximum atomic E-state index is 11.2. The predicted octanol–water partition coefficient (Wildman–Crippen LogP) is 0.332. The Morgan fingerprint density at radius 3 is 2.25 bits per heavy atom. The molecule has 1 aromatic carbocycles. The topological polar surface area (TPSA) is 84.2 Å². The summed E-state index contributed by atoms with van der Waals surface area (Å²) in [5, 5.41) is 5.53. The highest BCUT2D eigenvalue weighted by Gasteiger charge is 2.10. The second-order valence-corrected chi connectivity index (χ2v) is 3.42. The fraction of sp³-hybridized carbons (Fsp3) is 0.273. The number of rotatable bonds is 4. The molecule has 1 atom stereocenters. The van der Waals surface area contributed by atoms with E-state index in [1.54, 1.807) is 38.2 Å². The van der Waals surface area contributed by atoms with Crippen molar-refractivity contribution in [3.05, 3.63) is 29.8 Å². The third kappa shape index (κ3) is 2.98. The highest BCUT2D eigenvalue weighted by atomic mass is 16.2. The van der Waals surface area contributed by atoms with E-state index in [9.17, 15) is 9.59 Å². The van der Waals surface area contributed by atoms with Crippen molar-refractivity contribution in [2.75, 3.05) is 12.4 Å². The van der Waals surface area contributed by atoms with Gasteiger partial charge in [-0.05, 0) is 31.2 Å². The second kappa shape index (κ2) is 5.16. The minimum atomic E-state index is -0.467. The minimum absolute atomic E-state index is 0.0982. The Kier molecular flexibility index (Phi) is 3.88. The molecular weight excluding hydrogens is 206 g/mol. The van der Waals surface area contributed by atoms with E-state index in [1.165, 1.54) is 0 Å². The molecule has 0 aliphatic carbocycles. The van der Waals surface area contributed by atoms with Crippen LogP contribution in [0.4, 0.5) is 5.69 Å². The van der Waals surface area contributed by atoms with E-state index in [1.807, 2.05) is 0 Å². The summed E-state index contributed by atoms with van der Waals surface area (Å²) in [5.41, 5.74) is 6.32. The molecule has 0 saturated heterocycles. The molecule has 0 fully saturated rings. The van der Waals surface area contributed by atoms with Crippen molar-refractivity contribution in [3.8, 4) is 0 Å². The van der Waals surface area contributed by atoms with Crippen LogP contribution in [0, 0.1) is 0 Å². The predicted molar refractivity (Wildman–Crippen MR) is 62.1 cm³/mol. The summed E-state index contributed by atoms with van der Waals surface area (Å²) in [5.74, 6) is -0.565. The van der Waals surface area contributed by atoms with Gasteiger partial charge in [0.15, 0.2) is 0 Å². The lowest BCUT2D eigenvalue weighted by Gasteiger charge is -2.13. The molecule has 1 unspecified atom stereocenters. The highest BCUT2D eigenvalue weighted by molar-refractivity contribution is 5.93. The van der Waals surface area contributed by atoms with Gasteiger partial charge in [-0.15, -0.1) is 0 Å². The number of benzene rings is 1. The first-order valence-corrected chi connectivity index (χ1v) is 4.92. The SMILES string of the molecule is CNC(=O)C(C)Nc1ccc(C(N)=O)cc1. The summed E-state index contributed by atoms with van der Waals surface area (Å²) in [7, 11) is 1.58. The van der Waals surface area contributed by atoms with Gasteiger partial charge in [-0.1, -0.05) is 0 Å². The van der Waals surface area contributed by atoms with Crippen molar-refractivity contribution < 1.29 is 9.59 Å². The molecule has 1 rings (SSSR count). The first kappa shape index (κ1) is 12.0. The summed E-state index contributed by atoms with van der Waals surface area (Å²) in [6.07, 6.45) is 0. The molecule has 0 saturated carbocycles. The van der Waals surface area contributed by atoms with Crippen molar-refractivity contribution in [1.29, 1.82) is 0 Å². The summed E-state index contributed by atoms with van der Waals surface area (Å²) >= 11 is 0. The van der Waals surface area contributed by atoms with Gasteiger partial charge in [-0.3, -0.25) is 9.59 Å². The molecule has 0 aromatic heterocycles.